The molecule has 0 fully saturated rings. The average Bonchev–Trinajstić information content (AvgIpc) is 3.24. The maximum atomic E-state index is 5.86. The topological polar surface area (TPSA) is 9.23 Å². The normalized spacial score (nSPS) is 15.4. The van der Waals surface area contributed by atoms with Crippen molar-refractivity contribution in [2.24, 2.45) is 0 Å². The van der Waals surface area contributed by atoms with Gasteiger partial charge in [0, 0.05) is 12.0 Å². The van der Waals surface area contributed by atoms with Crippen LogP contribution in [0.2, 0.25) is 0 Å². The smallest absolute Gasteiger partial charge is 0.137 e. The van der Waals surface area contributed by atoms with Gasteiger partial charge in [-0.15, -0.1) is 0 Å². The highest BCUT2D eigenvalue weighted by molar-refractivity contribution is 9.10. The summed E-state index contributed by atoms with van der Waals surface area (Å²) in [6, 6.07) is 9.42. The van der Waals surface area contributed by atoms with Crippen molar-refractivity contribution in [3.8, 4) is 5.75 Å². The fraction of sp³-hybridized carbons (Fsp3) is 0.182. The molecular formula is C22H13BrO. The van der Waals surface area contributed by atoms with Crippen LogP contribution in [0.1, 0.15) is 33.4 Å². The molecule has 0 aliphatic heterocycles. The Morgan fingerprint density at radius 2 is 1.12 bits per heavy atom. The zero-order chi connectivity index (χ0) is 15.7. The Morgan fingerprint density at radius 1 is 0.667 bits per heavy atom. The molecule has 0 bridgehead atoms. The van der Waals surface area contributed by atoms with Gasteiger partial charge in [-0.25, -0.2) is 0 Å². The van der Waals surface area contributed by atoms with Crippen molar-refractivity contribution in [2.75, 3.05) is 7.11 Å². The summed E-state index contributed by atoms with van der Waals surface area (Å²) in [7, 11) is 1.80. The minimum absolute atomic E-state index is 0.992. The van der Waals surface area contributed by atoms with E-state index in [9.17, 15) is 0 Å². The van der Waals surface area contributed by atoms with Crippen LogP contribution in [0.25, 0.3) is 32.3 Å². The molecule has 2 heteroatoms. The lowest BCUT2D eigenvalue weighted by molar-refractivity contribution is 0.408. The lowest BCUT2D eigenvalue weighted by atomic mass is 9.94. The summed E-state index contributed by atoms with van der Waals surface area (Å²) < 4.78 is 7.02. The van der Waals surface area contributed by atoms with Gasteiger partial charge < -0.3 is 4.74 Å². The third-order valence-electron chi connectivity index (χ3n) is 6.42. The molecule has 24 heavy (non-hydrogen) atoms. The Kier molecular flexibility index (Phi) is 1.86. The number of halogens is 1. The third-order valence-corrected chi connectivity index (χ3v) is 7.26. The van der Waals surface area contributed by atoms with Gasteiger partial charge in [0.2, 0.25) is 0 Å². The lowest BCUT2D eigenvalue weighted by Gasteiger charge is -2.14. The predicted molar refractivity (Wildman–Crippen MR) is 102 cm³/mol. The first-order chi connectivity index (χ1) is 11.8. The van der Waals surface area contributed by atoms with Gasteiger partial charge in [0.1, 0.15) is 5.75 Å². The van der Waals surface area contributed by atoms with Crippen molar-refractivity contribution in [1.29, 1.82) is 0 Å². The molecule has 0 saturated heterocycles. The second kappa shape index (κ2) is 3.62. The van der Waals surface area contributed by atoms with E-state index in [1.54, 1.807) is 7.11 Å². The molecule has 4 aromatic rings. The van der Waals surface area contributed by atoms with Crippen LogP contribution in [0, 0.1) is 0 Å². The van der Waals surface area contributed by atoms with Gasteiger partial charge in [0.15, 0.2) is 0 Å². The summed E-state index contributed by atoms with van der Waals surface area (Å²) in [6.45, 7) is 0. The first-order valence-electron chi connectivity index (χ1n) is 8.49. The van der Waals surface area contributed by atoms with Crippen LogP contribution >= 0.6 is 15.9 Å². The molecule has 7 rings (SSSR count). The number of hydrogen-bond donors (Lipinski definition) is 0. The standard InChI is InChI=1S/C22H13BrO/c1-24-22-14-8-12-5-3-10-6-9-2-4-11-7-13(21(22)23)19-17(11)15(9)16(10)18(12)20(14)19/h2-5H,6-8H2,1H3. The first kappa shape index (κ1) is 12.3. The Labute approximate surface area is 147 Å². The van der Waals surface area contributed by atoms with Gasteiger partial charge in [-0.3, -0.25) is 0 Å². The van der Waals surface area contributed by atoms with E-state index in [4.69, 9.17) is 4.74 Å². The Balaban J connectivity index is 1.95. The van der Waals surface area contributed by atoms with E-state index in [1.165, 1.54) is 65.7 Å². The van der Waals surface area contributed by atoms with E-state index in [-0.39, 0.29) is 0 Å². The van der Waals surface area contributed by atoms with E-state index in [0.717, 1.165) is 29.5 Å². The molecule has 0 unspecified atom stereocenters. The third kappa shape index (κ3) is 1.07. The van der Waals surface area contributed by atoms with Crippen molar-refractivity contribution in [2.45, 2.75) is 19.3 Å². The zero-order valence-corrected chi connectivity index (χ0v) is 14.8. The van der Waals surface area contributed by atoms with Gasteiger partial charge >= 0.3 is 0 Å². The zero-order valence-electron chi connectivity index (χ0n) is 13.2. The van der Waals surface area contributed by atoms with Gasteiger partial charge in [0.05, 0.1) is 11.6 Å². The number of rotatable bonds is 1. The molecule has 0 heterocycles. The Morgan fingerprint density at radius 3 is 1.71 bits per heavy atom. The van der Waals surface area contributed by atoms with Crippen LogP contribution in [0.3, 0.4) is 0 Å². The first-order valence-corrected chi connectivity index (χ1v) is 9.29. The van der Waals surface area contributed by atoms with Crippen molar-refractivity contribution in [3.05, 3.63) is 62.1 Å². The second-order valence-electron chi connectivity index (χ2n) is 7.35. The SMILES string of the molecule is COc1c(Br)c2c3c4c(ccc5c4c4c(ccc6c4c3c1C6)C5)C2. The minimum atomic E-state index is 0.992. The molecule has 1 nitrogen and oxygen atoms in total. The Hall–Kier alpha value is -2.06. The van der Waals surface area contributed by atoms with Gasteiger partial charge in [-0.1, -0.05) is 24.3 Å². The molecule has 3 aliphatic rings. The summed E-state index contributed by atoms with van der Waals surface area (Å²) in [6.07, 6.45) is 3.09. The fourth-order valence-corrected chi connectivity index (χ4v) is 6.33. The quantitative estimate of drug-likeness (QED) is 0.339. The van der Waals surface area contributed by atoms with Crippen LogP contribution in [-0.4, -0.2) is 7.11 Å². The summed E-state index contributed by atoms with van der Waals surface area (Å²) in [4.78, 5) is 0. The molecule has 0 amide bonds. The highest BCUT2D eigenvalue weighted by atomic mass is 79.9. The molecular weight excluding hydrogens is 360 g/mol. The molecule has 0 spiro atoms. The molecule has 0 aromatic heterocycles. The highest BCUT2D eigenvalue weighted by Gasteiger charge is 2.34. The van der Waals surface area contributed by atoms with Crippen LogP contribution in [0.15, 0.2) is 28.7 Å². The monoisotopic (exact) mass is 372 g/mol. The van der Waals surface area contributed by atoms with E-state index >= 15 is 0 Å². The molecule has 3 aliphatic carbocycles. The summed E-state index contributed by atoms with van der Waals surface area (Å²) in [5.74, 6) is 1.04. The maximum absolute atomic E-state index is 5.86. The summed E-state index contributed by atoms with van der Waals surface area (Å²) >= 11 is 3.87. The molecule has 4 aromatic carbocycles. The Bertz CT molecular complexity index is 1310. The van der Waals surface area contributed by atoms with Crippen LogP contribution < -0.4 is 4.74 Å². The van der Waals surface area contributed by atoms with Crippen molar-refractivity contribution >= 4 is 48.2 Å². The molecule has 0 atom stereocenters. The molecule has 0 radical (unpaired) electrons. The van der Waals surface area contributed by atoms with Crippen LogP contribution in [0.4, 0.5) is 0 Å². The maximum Gasteiger partial charge on any atom is 0.137 e. The van der Waals surface area contributed by atoms with E-state index < -0.39 is 0 Å². The van der Waals surface area contributed by atoms with E-state index in [1.807, 2.05) is 0 Å². The van der Waals surface area contributed by atoms with Crippen LogP contribution in [-0.2, 0) is 19.3 Å². The number of ether oxygens (including phenoxy) is 1. The van der Waals surface area contributed by atoms with Crippen molar-refractivity contribution < 1.29 is 4.74 Å². The van der Waals surface area contributed by atoms with E-state index in [2.05, 4.69) is 40.2 Å². The summed E-state index contributed by atoms with van der Waals surface area (Å²) in [5.41, 5.74) is 8.77. The number of benzene rings is 4. The number of hydrogen-bond acceptors (Lipinski definition) is 1. The predicted octanol–water partition coefficient (Wildman–Crippen LogP) is 5.63. The second-order valence-corrected chi connectivity index (χ2v) is 8.15. The number of methoxy groups -OCH3 is 1. The largest absolute Gasteiger partial charge is 0.495 e. The lowest BCUT2D eigenvalue weighted by Crippen LogP contribution is -1.95. The van der Waals surface area contributed by atoms with Crippen molar-refractivity contribution in [1.82, 2.24) is 0 Å². The summed E-state index contributed by atoms with van der Waals surface area (Å²) in [5, 5.41) is 9.07. The molecule has 0 saturated carbocycles. The van der Waals surface area contributed by atoms with Crippen molar-refractivity contribution in [3.63, 3.8) is 0 Å². The average molecular weight is 373 g/mol. The minimum Gasteiger partial charge on any atom is -0.495 e. The van der Waals surface area contributed by atoms with Gasteiger partial charge in [0.25, 0.3) is 0 Å². The van der Waals surface area contributed by atoms with Gasteiger partial charge in [-0.2, -0.15) is 0 Å². The fourth-order valence-electron chi connectivity index (χ4n) is 5.59. The highest BCUT2D eigenvalue weighted by Crippen LogP contribution is 2.56. The van der Waals surface area contributed by atoms with Crippen LogP contribution in [0.5, 0.6) is 5.75 Å². The van der Waals surface area contributed by atoms with E-state index in [0.29, 0.717) is 0 Å². The van der Waals surface area contributed by atoms with Gasteiger partial charge in [-0.05, 0) is 88.9 Å². The molecule has 114 valence electrons. The molecule has 0 N–H and O–H groups in total.